The molecule has 5 nitrogen and oxygen atoms in total. The topological polar surface area (TPSA) is 67.8 Å². The zero-order chi connectivity index (χ0) is 20.6. The standard InChI is InChI=1S/C22H26ClNO4S/c1-2-27-22(26)14-28-19-6-7-21-16(12-19)11-18(8-9-29-21)24-13-20(25)15-4-3-5-17(23)10-15/h3-7,10,12,18,20,24-25H,2,8-9,11,13-14H2,1H3/t18?,20-/m0/s1. The zero-order valence-electron chi connectivity index (χ0n) is 16.4. The predicted octanol–water partition coefficient (Wildman–Crippen LogP) is 4.01. The van der Waals surface area contributed by atoms with Gasteiger partial charge in [0.2, 0.25) is 0 Å². The van der Waals surface area contributed by atoms with Gasteiger partial charge in [0.1, 0.15) is 5.75 Å². The summed E-state index contributed by atoms with van der Waals surface area (Å²) in [5.74, 6) is 1.30. The van der Waals surface area contributed by atoms with Gasteiger partial charge in [-0.15, -0.1) is 11.8 Å². The second-order valence-electron chi connectivity index (χ2n) is 6.88. The van der Waals surface area contributed by atoms with Gasteiger partial charge in [-0.2, -0.15) is 0 Å². The van der Waals surface area contributed by atoms with E-state index in [0.29, 0.717) is 23.9 Å². The van der Waals surface area contributed by atoms with Gasteiger partial charge in [-0.25, -0.2) is 4.79 Å². The molecule has 0 bridgehead atoms. The van der Waals surface area contributed by atoms with Crippen molar-refractivity contribution in [1.29, 1.82) is 0 Å². The van der Waals surface area contributed by atoms with Crippen LogP contribution in [0.4, 0.5) is 0 Å². The highest BCUT2D eigenvalue weighted by atomic mass is 35.5. The normalized spacial score (nSPS) is 17.1. The van der Waals surface area contributed by atoms with E-state index in [-0.39, 0.29) is 18.6 Å². The van der Waals surface area contributed by atoms with Crippen LogP contribution >= 0.6 is 23.4 Å². The summed E-state index contributed by atoms with van der Waals surface area (Å²) in [6, 6.07) is 13.5. The smallest absolute Gasteiger partial charge is 0.344 e. The van der Waals surface area contributed by atoms with Crippen LogP contribution in [-0.2, 0) is 16.0 Å². The number of hydrogen-bond acceptors (Lipinski definition) is 6. The van der Waals surface area contributed by atoms with Crippen molar-refractivity contribution in [2.24, 2.45) is 0 Å². The Kier molecular flexibility index (Phi) is 8.24. The SMILES string of the molecule is CCOC(=O)COc1ccc2c(c1)CC(NC[C@H](O)c1cccc(Cl)c1)CCS2. The first-order valence-electron chi connectivity index (χ1n) is 9.76. The molecule has 1 aliphatic rings. The maximum absolute atomic E-state index is 11.5. The highest BCUT2D eigenvalue weighted by Gasteiger charge is 2.19. The Balaban J connectivity index is 1.58. The summed E-state index contributed by atoms with van der Waals surface area (Å²) < 4.78 is 10.5. The lowest BCUT2D eigenvalue weighted by atomic mass is 10.0. The third kappa shape index (κ3) is 6.64. The van der Waals surface area contributed by atoms with E-state index in [0.717, 1.165) is 24.2 Å². The number of ether oxygens (including phenoxy) is 2. The van der Waals surface area contributed by atoms with Crippen molar-refractivity contribution >= 4 is 29.3 Å². The van der Waals surface area contributed by atoms with E-state index in [9.17, 15) is 9.90 Å². The molecule has 29 heavy (non-hydrogen) atoms. The van der Waals surface area contributed by atoms with Crippen LogP contribution in [0, 0.1) is 0 Å². The number of fused-ring (bicyclic) bond motifs is 1. The highest BCUT2D eigenvalue weighted by Crippen LogP contribution is 2.32. The van der Waals surface area contributed by atoms with Crippen molar-refractivity contribution in [2.75, 3.05) is 25.5 Å². The summed E-state index contributed by atoms with van der Waals surface area (Å²) in [5.41, 5.74) is 1.99. The molecule has 2 aromatic rings. The second-order valence-corrected chi connectivity index (χ2v) is 8.45. The second kappa shape index (κ2) is 10.9. The minimum Gasteiger partial charge on any atom is -0.482 e. The first-order chi connectivity index (χ1) is 14.0. The van der Waals surface area contributed by atoms with E-state index < -0.39 is 6.10 Å². The fraction of sp³-hybridized carbons (Fsp3) is 0.409. The van der Waals surface area contributed by atoms with Crippen LogP contribution in [0.2, 0.25) is 5.02 Å². The molecule has 3 rings (SSSR count). The summed E-state index contributed by atoms with van der Waals surface area (Å²) in [5, 5.41) is 14.6. The molecular weight excluding hydrogens is 410 g/mol. The molecule has 0 spiro atoms. The Bertz CT molecular complexity index is 832. The molecule has 0 saturated carbocycles. The number of benzene rings is 2. The highest BCUT2D eigenvalue weighted by molar-refractivity contribution is 7.99. The van der Waals surface area contributed by atoms with Crippen LogP contribution in [0.3, 0.4) is 0 Å². The Hall–Kier alpha value is -1.73. The maximum Gasteiger partial charge on any atom is 0.344 e. The number of rotatable bonds is 8. The van der Waals surface area contributed by atoms with Gasteiger partial charge >= 0.3 is 5.97 Å². The summed E-state index contributed by atoms with van der Waals surface area (Å²) in [6.07, 6.45) is 1.23. The first-order valence-corrected chi connectivity index (χ1v) is 11.1. The molecule has 2 N–H and O–H groups in total. The number of aliphatic hydroxyl groups is 1. The largest absolute Gasteiger partial charge is 0.482 e. The number of halogens is 1. The van der Waals surface area contributed by atoms with Crippen molar-refractivity contribution in [3.8, 4) is 5.75 Å². The Morgan fingerprint density at radius 1 is 1.34 bits per heavy atom. The lowest BCUT2D eigenvalue weighted by Crippen LogP contribution is -2.34. The minimum atomic E-state index is -0.608. The molecule has 1 heterocycles. The molecule has 0 aliphatic carbocycles. The number of nitrogens with one attached hydrogen (secondary N) is 1. The molecule has 2 atom stereocenters. The van der Waals surface area contributed by atoms with Crippen molar-refractivity contribution in [1.82, 2.24) is 5.32 Å². The summed E-state index contributed by atoms with van der Waals surface area (Å²) in [4.78, 5) is 12.7. The van der Waals surface area contributed by atoms with Gasteiger partial charge in [-0.3, -0.25) is 0 Å². The quantitative estimate of drug-likeness (QED) is 0.610. The summed E-state index contributed by atoms with van der Waals surface area (Å²) >= 11 is 7.84. The monoisotopic (exact) mass is 435 g/mol. The molecule has 0 fully saturated rings. The molecular formula is C22H26ClNO4S. The fourth-order valence-electron chi connectivity index (χ4n) is 3.25. The number of carbonyl (C=O) groups excluding carboxylic acids is 1. The van der Waals surface area contributed by atoms with E-state index in [1.165, 1.54) is 10.5 Å². The van der Waals surface area contributed by atoms with Crippen LogP contribution < -0.4 is 10.1 Å². The Morgan fingerprint density at radius 3 is 3.00 bits per heavy atom. The van der Waals surface area contributed by atoms with Crippen LogP contribution in [0.5, 0.6) is 5.75 Å². The predicted molar refractivity (Wildman–Crippen MR) is 116 cm³/mol. The summed E-state index contributed by atoms with van der Waals surface area (Å²) in [6.45, 7) is 2.49. The lowest BCUT2D eigenvalue weighted by Gasteiger charge is -2.20. The van der Waals surface area contributed by atoms with Crippen molar-refractivity contribution < 1.29 is 19.4 Å². The van der Waals surface area contributed by atoms with Gasteiger partial charge < -0.3 is 19.9 Å². The van der Waals surface area contributed by atoms with Gasteiger partial charge in [-0.05, 0) is 67.0 Å². The van der Waals surface area contributed by atoms with Crippen LogP contribution in [0.25, 0.3) is 0 Å². The fourth-order valence-corrected chi connectivity index (χ4v) is 4.57. The first kappa shape index (κ1) is 22.0. The molecule has 0 saturated heterocycles. The molecule has 156 valence electrons. The minimum absolute atomic E-state index is 0.0900. The lowest BCUT2D eigenvalue weighted by molar-refractivity contribution is -0.145. The third-order valence-corrected chi connectivity index (χ3v) is 6.10. The van der Waals surface area contributed by atoms with Crippen molar-refractivity contribution in [2.45, 2.75) is 36.8 Å². The number of aliphatic hydroxyl groups excluding tert-OH is 1. The van der Waals surface area contributed by atoms with Crippen LogP contribution in [0.15, 0.2) is 47.4 Å². The molecule has 0 amide bonds. The molecule has 2 aromatic carbocycles. The van der Waals surface area contributed by atoms with E-state index >= 15 is 0 Å². The van der Waals surface area contributed by atoms with Crippen LogP contribution in [0.1, 0.15) is 30.6 Å². The van der Waals surface area contributed by atoms with E-state index in [4.69, 9.17) is 21.1 Å². The van der Waals surface area contributed by atoms with Crippen molar-refractivity contribution in [3.63, 3.8) is 0 Å². The maximum atomic E-state index is 11.5. The number of thioether (sulfide) groups is 1. The number of esters is 1. The zero-order valence-corrected chi connectivity index (χ0v) is 18.0. The van der Waals surface area contributed by atoms with Gasteiger partial charge in [0, 0.05) is 22.5 Å². The molecule has 0 aromatic heterocycles. The van der Waals surface area contributed by atoms with E-state index in [1.54, 1.807) is 19.1 Å². The van der Waals surface area contributed by atoms with E-state index in [2.05, 4.69) is 5.32 Å². The van der Waals surface area contributed by atoms with Gasteiger partial charge in [0.05, 0.1) is 12.7 Å². The van der Waals surface area contributed by atoms with E-state index in [1.807, 2.05) is 42.1 Å². The van der Waals surface area contributed by atoms with Crippen LogP contribution in [-0.4, -0.2) is 42.6 Å². The van der Waals surface area contributed by atoms with Gasteiger partial charge in [0.25, 0.3) is 0 Å². The average Bonchev–Trinajstić information content (AvgIpc) is 2.92. The van der Waals surface area contributed by atoms with Crippen molar-refractivity contribution in [3.05, 3.63) is 58.6 Å². The number of carbonyl (C=O) groups is 1. The van der Waals surface area contributed by atoms with Gasteiger partial charge in [0.15, 0.2) is 6.61 Å². The Morgan fingerprint density at radius 2 is 2.21 bits per heavy atom. The summed E-state index contributed by atoms with van der Waals surface area (Å²) in [7, 11) is 0. The average molecular weight is 436 g/mol. The molecule has 7 heteroatoms. The Labute approximate surface area is 180 Å². The molecule has 1 unspecified atom stereocenters. The molecule has 0 radical (unpaired) electrons. The number of hydrogen-bond donors (Lipinski definition) is 2. The third-order valence-electron chi connectivity index (χ3n) is 4.72. The van der Waals surface area contributed by atoms with Gasteiger partial charge in [-0.1, -0.05) is 23.7 Å². The molecule has 1 aliphatic heterocycles.